The molecular formula is C26H24N4O5S. The summed E-state index contributed by atoms with van der Waals surface area (Å²) in [5.74, 6) is -1.01. The van der Waals surface area contributed by atoms with Gasteiger partial charge in [-0.05, 0) is 86.5 Å². The predicted molar refractivity (Wildman–Crippen MR) is 139 cm³/mol. The van der Waals surface area contributed by atoms with Crippen molar-refractivity contribution in [3.05, 3.63) is 91.6 Å². The Morgan fingerprint density at radius 2 is 1.81 bits per heavy atom. The fraction of sp³-hybridized carbons (Fsp3) is 0.192. The number of carbonyl (C=O) groups is 3. The molecule has 4 rings (SSSR count). The molecule has 184 valence electrons. The molecule has 3 aromatic rings. The van der Waals surface area contributed by atoms with Crippen molar-refractivity contribution in [2.75, 3.05) is 11.9 Å². The first-order valence-electron chi connectivity index (χ1n) is 11.1. The van der Waals surface area contributed by atoms with E-state index in [1.54, 1.807) is 24.3 Å². The number of imide groups is 1. The molecule has 1 fully saturated rings. The number of anilines is 1. The molecule has 3 amide bonds. The van der Waals surface area contributed by atoms with Gasteiger partial charge < -0.3 is 9.88 Å². The standard InChI is InChI=1S/C26H24N4O5S/c1-15-8-9-20(10-16(15)2)27-24(31)14-28-25(32)23(36-26(28)33)12-19-11-17(3)29(18(19)4)21-6-5-7-22(13-21)30(34)35/h5-13H,14H2,1-4H3,(H,27,31)/b23-12+. The molecule has 1 saturated heterocycles. The Morgan fingerprint density at radius 3 is 2.50 bits per heavy atom. The first kappa shape index (κ1) is 24.9. The number of benzene rings is 2. The van der Waals surface area contributed by atoms with Gasteiger partial charge in [0.25, 0.3) is 16.8 Å². The number of hydrogen-bond acceptors (Lipinski definition) is 6. The summed E-state index contributed by atoms with van der Waals surface area (Å²) in [5, 5.41) is 13.4. The minimum Gasteiger partial charge on any atom is -0.325 e. The van der Waals surface area contributed by atoms with Crippen molar-refractivity contribution < 1.29 is 19.3 Å². The lowest BCUT2D eigenvalue weighted by molar-refractivity contribution is -0.384. The van der Waals surface area contributed by atoms with Crippen LogP contribution < -0.4 is 5.32 Å². The number of carbonyl (C=O) groups excluding carboxylic acids is 3. The Kier molecular flexibility index (Phi) is 6.80. The highest BCUT2D eigenvalue weighted by molar-refractivity contribution is 8.18. The maximum Gasteiger partial charge on any atom is 0.294 e. The summed E-state index contributed by atoms with van der Waals surface area (Å²) < 4.78 is 1.85. The third-order valence-corrected chi connectivity index (χ3v) is 6.93. The fourth-order valence-electron chi connectivity index (χ4n) is 4.02. The number of aryl methyl sites for hydroxylation is 3. The van der Waals surface area contributed by atoms with Crippen LogP contribution in [0, 0.1) is 37.8 Å². The average Bonchev–Trinajstić information content (AvgIpc) is 3.25. The number of nitro benzene ring substituents is 1. The molecule has 0 bridgehead atoms. The van der Waals surface area contributed by atoms with Gasteiger partial charge in [0, 0.05) is 29.2 Å². The molecule has 1 N–H and O–H groups in total. The molecule has 1 aliphatic heterocycles. The molecule has 0 aliphatic carbocycles. The van der Waals surface area contributed by atoms with Gasteiger partial charge in [-0.3, -0.25) is 29.4 Å². The van der Waals surface area contributed by atoms with Crippen LogP contribution in [0.3, 0.4) is 0 Å². The van der Waals surface area contributed by atoms with Gasteiger partial charge in [0.05, 0.1) is 15.5 Å². The minimum atomic E-state index is -0.541. The Balaban J connectivity index is 1.54. The first-order valence-corrected chi connectivity index (χ1v) is 11.9. The van der Waals surface area contributed by atoms with Gasteiger partial charge in [-0.15, -0.1) is 0 Å². The largest absolute Gasteiger partial charge is 0.325 e. The molecule has 36 heavy (non-hydrogen) atoms. The quantitative estimate of drug-likeness (QED) is 0.277. The van der Waals surface area contributed by atoms with Gasteiger partial charge in [0.1, 0.15) is 6.54 Å². The van der Waals surface area contributed by atoms with Crippen LogP contribution in [0.1, 0.15) is 28.1 Å². The zero-order valence-corrected chi connectivity index (χ0v) is 21.0. The monoisotopic (exact) mass is 504 g/mol. The van der Waals surface area contributed by atoms with Crippen LogP contribution in [0.2, 0.25) is 0 Å². The molecule has 1 aromatic heterocycles. The molecule has 1 aliphatic rings. The lowest BCUT2D eigenvalue weighted by atomic mass is 10.1. The Morgan fingerprint density at radius 1 is 1.06 bits per heavy atom. The van der Waals surface area contributed by atoms with E-state index in [-0.39, 0.29) is 17.1 Å². The van der Waals surface area contributed by atoms with E-state index in [2.05, 4.69) is 5.32 Å². The lowest BCUT2D eigenvalue weighted by Gasteiger charge is -2.13. The van der Waals surface area contributed by atoms with Crippen LogP contribution in [-0.2, 0) is 9.59 Å². The number of nitrogens with one attached hydrogen (secondary N) is 1. The number of thioether (sulfide) groups is 1. The highest BCUT2D eigenvalue weighted by atomic mass is 32.2. The van der Waals surface area contributed by atoms with Crippen LogP contribution >= 0.6 is 11.8 Å². The number of nitrogens with zero attached hydrogens (tertiary/aromatic N) is 3. The van der Waals surface area contributed by atoms with Gasteiger partial charge in [-0.25, -0.2) is 0 Å². The van der Waals surface area contributed by atoms with Crippen molar-refractivity contribution in [1.29, 1.82) is 0 Å². The summed E-state index contributed by atoms with van der Waals surface area (Å²) in [7, 11) is 0. The van der Waals surface area contributed by atoms with Crippen molar-refractivity contribution in [2.45, 2.75) is 27.7 Å². The van der Waals surface area contributed by atoms with Crippen LogP contribution in [0.4, 0.5) is 16.2 Å². The van der Waals surface area contributed by atoms with Crippen molar-refractivity contribution in [2.24, 2.45) is 0 Å². The van der Waals surface area contributed by atoms with Gasteiger partial charge in [-0.2, -0.15) is 0 Å². The SMILES string of the molecule is Cc1ccc(NC(=O)CN2C(=O)S/C(=C/c3cc(C)n(-c4cccc([N+](=O)[O-])c4)c3C)C2=O)cc1C. The third kappa shape index (κ3) is 4.94. The van der Waals surface area contributed by atoms with Crippen LogP contribution in [-0.4, -0.2) is 38.0 Å². The van der Waals surface area contributed by atoms with Gasteiger partial charge >= 0.3 is 0 Å². The number of hydrogen-bond donors (Lipinski definition) is 1. The fourth-order valence-corrected chi connectivity index (χ4v) is 4.85. The van der Waals surface area contributed by atoms with E-state index in [1.807, 2.05) is 50.5 Å². The highest BCUT2D eigenvalue weighted by Crippen LogP contribution is 2.34. The van der Waals surface area contributed by atoms with Gasteiger partial charge in [0.15, 0.2) is 0 Å². The number of non-ortho nitro benzene ring substituents is 1. The second-order valence-electron chi connectivity index (χ2n) is 8.55. The number of amides is 3. The zero-order valence-electron chi connectivity index (χ0n) is 20.2. The maximum absolute atomic E-state index is 13.0. The summed E-state index contributed by atoms with van der Waals surface area (Å²) >= 11 is 0.775. The predicted octanol–water partition coefficient (Wildman–Crippen LogP) is 5.29. The molecule has 2 aromatic carbocycles. The summed E-state index contributed by atoms with van der Waals surface area (Å²) in [4.78, 5) is 49.9. The Hall–Kier alpha value is -4.18. The number of nitro groups is 1. The summed E-state index contributed by atoms with van der Waals surface area (Å²) in [6.45, 7) is 7.20. The van der Waals surface area contributed by atoms with E-state index in [9.17, 15) is 24.5 Å². The summed E-state index contributed by atoms with van der Waals surface area (Å²) in [6, 6.07) is 13.6. The van der Waals surface area contributed by atoms with Crippen LogP contribution in [0.25, 0.3) is 11.8 Å². The van der Waals surface area contributed by atoms with E-state index >= 15 is 0 Å². The smallest absolute Gasteiger partial charge is 0.294 e. The zero-order chi connectivity index (χ0) is 26.1. The molecular weight excluding hydrogens is 480 g/mol. The second-order valence-corrected chi connectivity index (χ2v) is 9.55. The number of rotatable bonds is 6. The van der Waals surface area contributed by atoms with Crippen LogP contribution in [0.15, 0.2) is 53.4 Å². The van der Waals surface area contributed by atoms with Gasteiger partial charge in [-0.1, -0.05) is 12.1 Å². The normalized spacial score (nSPS) is 14.6. The second kappa shape index (κ2) is 9.82. The van der Waals surface area contributed by atoms with Crippen molar-refractivity contribution in [1.82, 2.24) is 9.47 Å². The molecule has 10 heteroatoms. The molecule has 0 saturated carbocycles. The van der Waals surface area contributed by atoms with E-state index < -0.39 is 22.0 Å². The van der Waals surface area contributed by atoms with Crippen molar-refractivity contribution >= 4 is 46.3 Å². The molecule has 0 atom stereocenters. The van der Waals surface area contributed by atoms with E-state index in [0.29, 0.717) is 16.9 Å². The summed E-state index contributed by atoms with van der Waals surface area (Å²) in [6.07, 6.45) is 1.61. The first-order chi connectivity index (χ1) is 17.0. The lowest BCUT2D eigenvalue weighted by Crippen LogP contribution is -2.36. The third-order valence-electron chi connectivity index (χ3n) is 6.02. The summed E-state index contributed by atoms with van der Waals surface area (Å²) in [5.41, 5.74) is 5.57. The maximum atomic E-state index is 13.0. The Bertz CT molecular complexity index is 1460. The van der Waals surface area contributed by atoms with Crippen molar-refractivity contribution in [3.63, 3.8) is 0 Å². The van der Waals surface area contributed by atoms with E-state index in [0.717, 1.165) is 39.2 Å². The molecule has 0 radical (unpaired) electrons. The van der Waals surface area contributed by atoms with Crippen molar-refractivity contribution in [3.8, 4) is 5.69 Å². The highest BCUT2D eigenvalue weighted by Gasteiger charge is 2.36. The molecule has 0 unspecified atom stereocenters. The molecule has 0 spiro atoms. The topological polar surface area (TPSA) is 115 Å². The van der Waals surface area contributed by atoms with E-state index in [1.165, 1.54) is 12.1 Å². The van der Waals surface area contributed by atoms with Crippen LogP contribution in [0.5, 0.6) is 0 Å². The molecule has 9 nitrogen and oxygen atoms in total. The number of aromatic nitrogens is 1. The molecule has 2 heterocycles. The van der Waals surface area contributed by atoms with Gasteiger partial charge in [0.2, 0.25) is 5.91 Å². The van der Waals surface area contributed by atoms with E-state index in [4.69, 9.17) is 0 Å². The average molecular weight is 505 g/mol. The Labute approximate surface area is 211 Å². The minimum absolute atomic E-state index is 0.0262.